The van der Waals surface area contributed by atoms with Gasteiger partial charge in [0.05, 0.1) is 11.7 Å². The monoisotopic (exact) mass is 501 g/mol. The average molecular weight is 501 g/mol. The Balaban J connectivity index is 1.37. The van der Waals surface area contributed by atoms with Gasteiger partial charge in [-0.2, -0.15) is 18.3 Å². The number of fused-ring (bicyclic) bond motifs is 2. The lowest BCUT2D eigenvalue weighted by molar-refractivity contribution is -0.141. The number of primary amides is 1. The standard InChI is InChI=1S/C23H22F3N7O3/c1-2-12-8-13-16(9-28-12)32(31-20(13)21(27)35)10-19(34)33-14-6-11(14)7-15(33)22(36)30-18-5-3-4-17(29-18)23(24,25)26/h3-5,8-9,11,14-15H,2,6-7,10H2,1H3,(H2,27,35)(H,29,30,36)/t11-,14-,15+/m1/s1. The summed E-state index contributed by atoms with van der Waals surface area (Å²) < 4.78 is 40.3. The molecule has 3 N–H and O–H groups in total. The fourth-order valence-electron chi connectivity index (χ4n) is 4.74. The van der Waals surface area contributed by atoms with Crippen LogP contribution in [0.5, 0.6) is 0 Å². The van der Waals surface area contributed by atoms with Gasteiger partial charge in [0.2, 0.25) is 11.8 Å². The highest BCUT2D eigenvalue weighted by Gasteiger charge is 2.56. The summed E-state index contributed by atoms with van der Waals surface area (Å²) in [6, 6.07) is 3.92. The van der Waals surface area contributed by atoms with Crippen molar-refractivity contribution in [1.29, 1.82) is 0 Å². The lowest BCUT2D eigenvalue weighted by Gasteiger charge is -2.27. The van der Waals surface area contributed by atoms with Crippen molar-refractivity contribution < 1.29 is 27.6 Å². The number of aromatic nitrogens is 4. The maximum atomic E-state index is 13.3. The number of halogens is 3. The zero-order valence-electron chi connectivity index (χ0n) is 19.1. The summed E-state index contributed by atoms with van der Waals surface area (Å²) in [4.78, 5) is 47.5. The molecule has 3 amide bonds. The number of nitrogens with one attached hydrogen (secondary N) is 1. The number of alkyl halides is 3. The molecular weight excluding hydrogens is 479 g/mol. The summed E-state index contributed by atoms with van der Waals surface area (Å²) in [7, 11) is 0. The van der Waals surface area contributed by atoms with E-state index in [0.717, 1.165) is 24.2 Å². The molecule has 1 saturated heterocycles. The van der Waals surface area contributed by atoms with Gasteiger partial charge in [-0.1, -0.05) is 13.0 Å². The molecule has 0 radical (unpaired) electrons. The minimum atomic E-state index is -4.65. The molecule has 2 fully saturated rings. The van der Waals surface area contributed by atoms with E-state index in [2.05, 4.69) is 20.4 Å². The minimum Gasteiger partial charge on any atom is -0.364 e. The third kappa shape index (κ3) is 4.25. The Morgan fingerprint density at radius 2 is 2.00 bits per heavy atom. The van der Waals surface area contributed by atoms with Crippen LogP contribution in [-0.4, -0.2) is 54.5 Å². The number of anilines is 1. The molecule has 5 rings (SSSR count). The number of likely N-dealkylation sites (tertiary alicyclic amines) is 1. The molecule has 0 spiro atoms. The largest absolute Gasteiger partial charge is 0.433 e. The number of amides is 3. The number of pyridine rings is 2. The Hall–Kier alpha value is -4.03. The van der Waals surface area contributed by atoms with Crippen molar-refractivity contribution in [2.75, 3.05) is 5.32 Å². The molecule has 1 saturated carbocycles. The molecule has 36 heavy (non-hydrogen) atoms. The topological polar surface area (TPSA) is 136 Å². The SMILES string of the molecule is CCc1cc2c(C(N)=O)nn(CC(=O)N3[C@@H]4C[C@@H]4C[C@H]3C(=O)Nc3cccc(C(F)(F)F)n3)c2cn1. The zero-order chi connectivity index (χ0) is 25.8. The molecule has 3 aromatic heterocycles. The zero-order valence-corrected chi connectivity index (χ0v) is 19.1. The summed E-state index contributed by atoms with van der Waals surface area (Å²) in [6.07, 6.45) is -1.36. The molecule has 0 unspecified atom stereocenters. The van der Waals surface area contributed by atoms with Gasteiger partial charge < -0.3 is 16.0 Å². The maximum absolute atomic E-state index is 13.3. The van der Waals surface area contributed by atoms with Gasteiger partial charge in [0, 0.05) is 17.1 Å². The van der Waals surface area contributed by atoms with Crippen molar-refractivity contribution in [3.05, 3.63) is 47.5 Å². The van der Waals surface area contributed by atoms with Gasteiger partial charge in [-0.15, -0.1) is 0 Å². The van der Waals surface area contributed by atoms with E-state index in [1.165, 1.54) is 21.8 Å². The highest BCUT2D eigenvalue weighted by Crippen LogP contribution is 2.48. The molecule has 4 heterocycles. The van der Waals surface area contributed by atoms with Crippen molar-refractivity contribution in [2.24, 2.45) is 11.7 Å². The summed E-state index contributed by atoms with van der Waals surface area (Å²) in [5, 5.41) is 7.12. The number of hydrogen-bond acceptors (Lipinski definition) is 6. The van der Waals surface area contributed by atoms with E-state index in [1.807, 2.05) is 6.92 Å². The predicted molar refractivity (Wildman–Crippen MR) is 120 cm³/mol. The Morgan fingerprint density at radius 3 is 2.69 bits per heavy atom. The first-order chi connectivity index (χ1) is 17.1. The molecule has 188 valence electrons. The second-order valence-electron chi connectivity index (χ2n) is 8.93. The van der Waals surface area contributed by atoms with E-state index in [-0.39, 0.29) is 30.0 Å². The van der Waals surface area contributed by atoms with Crippen LogP contribution in [0.25, 0.3) is 10.9 Å². The molecular formula is C23H22F3N7O3. The number of hydrogen-bond donors (Lipinski definition) is 2. The Labute approximate surface area is 202 Å². The van der Waals surface area contributed by atoms with Crippen LogP contribution in [0, 0.1) is 5.92 Å². The van der Waals surface area contributed by atoms with Gasteiger partial charge in [-0.3, -0.25) is 24.0 Å². The van der Waals surface area contributed by atoms with E-state index in [1.54, 1.807) is 6.07 Å². The van der Waals surface area contributed by atoms with Gasteiger partial charge in [-0.25, -0.2) is 4.98 Å². The van der Waals surface area contributed by atoms with E-state index in [4.69, 9.17) is 5.73 Å². The average Bonchev–Trinajstić information content (AvgIpc) is 3.34. The first kappa shape index (κ1) is 23.7. The summed E-state index contributed by atoms with van der Waals surface area (Å²) >= 11 is 0. The smallest absolute Gasteiger partial charge is 0.364 e. The van der Waals surface area contributed by atoms with E-state index in [9.17, 15) is 27.6 Å². The van der Waals surface area contributed by atoms with Crippen LogP contribution < -0.4 is 11.1 Å². The van der Waals surface area contributed by atoms with Crippen LogP contribution in [0.3, 0.4) is 0 Å². The number of nitrogens with two attached hydrogens (primary N) is 1. The number of aryl methyl sites for hydroxylation is 1. The Bertz CT molecular complexity index is 1390. The highest BCUT2D eigenvalue weighted by atomic mass is 19.4. The van der Waals surface area contributed by atoms with E-state index < -0.39 is 35.6 Å². The van der Waals surface area contributed by atoms with E-state index in [0.29, 0.717) is 23.7 Å². The minimum absolute atomic E-state index is 0.0190. The van der Waals surface area contributed by atoms with Gasteiger partial charge in [0.15, 0.2) is 5.69 Å². The predicted octanol–water partition coefficient (Wildman–Crippen LogP) is 2.13. The van der Waals surface area contributed by atoms with Gasteiger partial charge in [0.25, 0.3) is 5.91 Å². The number of carbonyl (C=O) groups is 3. The van der Waals surface area contributed by atoms with Crippen LogP contribution in [0.4, 0.5) is 19.0 Å². The molecule has 3 atom stereocenters. The molecule has 0 bridgehead atoms. The molecule has 13 heteroatoms. The molecule has 2 aliphatic rings. The fraction of sp³-hybridized carbons (Fsp3) is 0.391. The van der Waals surface area contributed by atoms with Crippen LogP contribution >= 0.6 is 0 Å². The lowest BCUT2D eigenvalue weighted by atomic mass is 10.1. The first-order valence-electron chi connectivity index (χ1n) is 11.4. The lowest BCUT2D eigenvalue weighted by Crippen LogP contribution is -2.46. The van der Waals surface area contributed by atoms with Gasteiger partial charge >= 0.3 is 6.18 Å². The summed E-state index contributed by atoms with van der Waals surface area (Å²) in [6.45, 7) is 1.65. The fourth-order valence-corrected chi connectivity index (χ4v) is 4.74. The van der Waals surface area contributed by atoms with Crippen LogP contribution in [-0.2, 0) is 28.7 Å². The van der Waals surface area contributed by atoms with Gasteiger partial charge in [-0.05, 0) is 43.4 Å². The van der Waals surface area contributed by atoms with Crippen LogP contribution in [0.15, 0.2) is 30.5 Å². The second kappa shape index (κ2) is 8.57. The first-order valence-corrected chi connectivity index (χ1v) is 11.4. The Morgan fingerprint density at radius 1 is 1.22 bits per heavy atom. The van der Waals surface area contributed by atoms with Crippen molar-refractivity contribution in [3.63, 3.8) is 0 Å². The van der Waals surface area contributed by atoms with Gasteiger partial charge in [0.1, 0.15) is 24.1 Å². The normalized spacial score (nSPS) is 20.9. The van der Waals surface area contributed by atoms with Crippen molar-refractivity contribution >= 4 is 34.4 Å². The number of piperidine rings is 1. The number of nitrogens with zero attached hydrogens (tertiary/aromatic N) is 5. The molecule has 0 aromatic carbocycles. The Kier molecular flexibility index (Phi) is 5.64. The molecule has 3 aromatic rings. The maximum Gasteiger partial charge on any atom is 0.433 e. The van der Waals surface area contributed by atoms with Crippen LogP contribution in [0.1, 0.15) is 41.6 Å². The molecule has 1 aliphatic carbocycles. The number of carbonyl (C=O) groups excluding carboxylic acids is 3. The van der Waals surface area contributed by atoms with Crippen molar-refractivity contribution in [2.45, 2.75) is 51.0 Å². The molecule has 10 nitrogen and oxygen atoms in total. The van der Waals surface area contributed by atoms with E-state index >= 15 is 0 Å². The highest BCUT2D eigenvalue weighted by molar-refractivity contribution is 6.04. The molecule has 1 aliphatic heterocycles. The third-order valence-electron chi connectivity index (χ3n) is 6.56. The second-order valence-corrected chi connectivity index (χ2v) is 8.93. The van der Waals surface area contributed by atoms with Crippen molar-refractivity contribution in [1.82, 2.24) is 24.6 Å². The summed E-state index contributed by atoms with van der Waals surface area (Å²) in [5.74, 6) is -1.86. The van der Waals surface area contributed by atoms with Crippen LogP contribution in [0.2, 0.25) is 0 Å². The third-order valence-corrected chi connectivity index (χ3v) is 6.56. The van der Waals surface area contributed by atoms with Crippen molar-refractivity contribution in [3.8, 4) is 0 Å². The summed E-state index contributed by atoms with van der Waals surface area (Å²) in [5.41, 5.74) is 5.56. The number of rotatable bonds is 6. The quantitative estimate of drug-likeness (QED) is 0.531.